The van der Waals surface area contributed by atoms with Gasteiger partial charge in [-0.05, 0) is 37.1 Å². The molecule has 0 saturated heterocycles. The van der Waals surface area contributed by atoms with Crippen molar-refractivity contribution in [3.63, 3.8) is 0 Å². The number of halogens is 1. The van der Waals surface area contributed by atoms with Crippen LogP contribution in [0.2, 0.25) is 0 Å². The summed E-state index contributed by atoms with van der Waals surface area (Å²) >= 11 is 0. The Kier molecular flexibility index (Phi) is 6.76. The van der Waals surface area contributed by atoms with Crippen LogP contribution in [0.3, 0.4) is 0 Å². The van der Waals surface area contributed by atoms with E-state index < -0.39 is 11.8 Å². The largest absolute Gasteiger partial charge is 0.465 e. The normalized spacial score (nSPS) is 9.91. The monoisotopic (exact) mass is 306 g/mol. The van der Waals surface area contributed by atoms with E-state index >= 15 is 0 Å². The molecular formula is C17H23FN2O2. The SMILES string of the molecule is CC.CCCn1ncc(C)c1-c1cc(F)cc(C(=O)OC)c1. The molecule has 0 aliphatic carbocycles. The molecule has 0 fully saturated rings. The van der Waals surface area contributed by atoms with Gasteiger partial charge in [0.25, 0.3) is 0 Å². The highest BCUT2D eigenvalue weighted by Gasteiger charge is 2.14. The topological polar surface area (TPSA) is 44.1 Å². The van der Waals surface area contributed by atoms with Crippen molar-refractivity contribution in [3.8, 4) is 11.3 Å². The number of hydrogen-bond acceptors (Lipinski definition) is 3. The molecule has 0 bridgehead atoms. The van der Waals surface area contributed by atoms with Crippen LogP contribution < -0.4 is 0 Å². The van der Waals surface area contributed by atoms with Gasteiger partial charge in [-0.15, -0.1) is 0 Å². The lowest BCUT2D eigenvalue weighted by molar-refractivity contribution is 0.0600. The van der Waals surface area contributed by atoms with Crippen molar-refractivity contribution in [2.45, 2.75) is 40.7 Å². The molecule has 120 valence electrons. The average Bonchev–Trinajstić information content (AvgIpc) is 2.89. The summed E-state index contributed by atoms with van der Waals surface area (Å²) in [5, 5.41) is 4.28. The number of esters is 1. The first kappa shape index (κ1) is 17.9. The molecule has 0 aliphatic rings. The summed E-state index contributed by atoms with van der Waals surface area (Å²) in [4.78, 5) is 11.6. The third-order valence-electron chi connectivity index (χ3n) is 3.05. The Balaban J connectivity index is 0.00000116. The first-order chi connectivity index (χ1) is 10.6. The molecule has 0 amide bonds. The van der Waals surface area contributed by atoms with E-state index in [0.717, 1.165) is 24.2 Å². The number of rotatable bonds is 4. The molecule has 22 heavy (non-hydrogen) atoms. The Morgan fingerprint density at radius 1 is 1.32 bits per heavy atom. The van der Waals surface area contributed by atoms with E-state index in [4.69, 9.17) is 0 Å². The second kappa shape index (κ2) is 8.32. The van der Waals surface area contributed by atoms with Gasteiger partial charge in [-0.25, -0.2) is 9.18 Å². The minimum absolute atomic E-state index is 0.200. The number of ether oxygens (including phenoxy) is 1. The van der Waals surface area contributed by atoms with Crippen LogP contribution in [-0.4, -0.2) is 22.9 Å². The molecule has 1 aromatic heterocycles. The Bertz CT molecular complexity index is 636. The molecule has 2 aromatic rings. The second-order valence-electron chi connectivity index (χ2n) is 4.62. The molecule has 0 aliphatic heterocycles. The minimum Gasteiger partial charge on any atom is -0.465 e. The number of carbonyl (C=O) groups excluding carboxylic acids is 1. The fraction of sp³-hybridized carbons (Fsp3) is 0.412. The van der Waals surface area contributed by atoms with Crippen molar-refractivity contribution in [3.05, 3.63) is 41.3 Å². The summed E-state index contributed by atoms with van der Waals surface area (Å²) in [6, 6.07) is 4.21. The molecular weight excluding hydrogens is 283 g/mol. The summed E-state index contributed by atoms with van der Waals surface area (Å²) in [7, 11) is 1.28. The maximum atomic E-state index is 13.7. The molecule has 2 rings (SSSR count). The summed E-state index contributed by atoms with van der Waals surface area (Å²) in [5.41, 5.74) is 2.61. The predicted octanol–water partition coefficient (Wildman–Crippen LogP) is 4.22. The van der Waals surface area contributed by atoms with Gasteiger partial charge in [-0.3, -0.25) is 4.68 Å². The minimum atomic E-state index is -0.551. The van der Waals surface area contributed by atoms with E-state index in [2.05, 4.69) is 9.84 Å². The van der Waals surface area contributed by atoms with Crippen LogP contribution in [-0.2, 0) is 11.3 Å². The third kappa shape index (κ3) is 3.93. The highest BCUT2D eigenvalue weighted by molar-refractivity contribution is 5.91. The van der Waals surface area contributed by atoms with Crippen molar-refractivity contribution in [1.82, 2.24) is 9.78 Å². The van der Waals surface area contributed by atoms with Gasteiger partial charge in [0.1, 0.15) is 5.82 Å². The number of nitrogens with zero attached hydrogens (tertiary/aromatic N) is 2. The summed E-state index contributed by atoms with van der Waals surface area (Å²) in [6.45, 7) is 8.71. The molecule has 0 saturated carbocycles. The van der Waals surface area contributed by atoms with E-state index in [-0.39, 0.29) is 5.56 Å². The molecule has 1 heterocycles. The zero-order valence-electron chi connectivity index (χ0n) is 13.8. The molecule has 1 aromatic carbocycles. The van der Waals surface area contributed by atoms with Gasteiger partial charge in [0.2, 0.25) is 0 Å². The van der Waals surface area contributed by atoms with Crippen LogP contribution in [0.5, 0.6) is 0 Å². The first-order valence-electron chi connectivity index (χ1n) is 7.48. The molecule has 0 unspecified atom stereocenters. The van der Waals surface area contributed by atoms with Crippen molar-refractivity contribution in [1.29, 1.82) is 0 Å². The zero-order chi connectivity index (χ0) is 16.7. The summed E-state index contributed by atoms with van der Waals surface area (Å²) < 4.78 is 20.2. The van der Waals surface area contributed by atoms with E-state index in [1.54, 1.807) is 12.3 Å². The van der Waals surface area contributed by atoms with Crippen molar-refractivity contribution in [2.75, 3.05) is 7.11 Å². The highest BCUT2D eigenvalue weighted by Crippen LogP contribution is 2.26. The molecule has 4 nitrogen and oxygen atoms in total. The molecule has 0 radical (unpaired) electrons. The van der Waals surface area contributed by atoms with Crippen LogP contribution in [0.15, 0.2) is 24.4 Å². The van der Waals surface area contributed by atoms with Gasteiger partial charge in [-0.2, -0.15) is 5.10 Å². The standard InChI is InChI=1S/C15H17FN2O2.C2H6/c1-4-5-18-14(10(2)9-17-18)11-6-12(15(19)20-3)8-13(16)7-11;1-2/h6-9H,4-5H2,1-3H3;1-2H3. The zero-order valence-corrected chi connectivity index (χ0v) is 13.8. The van der Waals surface area contributed by atoms with Gasteiger partial charge in [0, 0.05) is 12.1 Å². The quantitative estimate of drug-likeness (QED) is 0.794. The maximum Gasteiger partial charge on any atom is 0.337 e. The van der Waals surface area contributed by atoms with Crippen molar-refractivity contribution >= 4 is 5.97 Å². The fourth-order valence-electron chi connectivity index (χ4n) is 2.20. The van der Waals surface area contributed by atoms with E-state index in [0.29, 0.717) is 5.56 Å². The lowest BCUT2D eigenvalue weighted by atomic mass is 10.0. The first-order valence-corrected chi connectivity index (χ1v) is 7.48. The van der Waals surface area contributed by atoms with Crippen molar-refractivity contribution in [2.24, 2.45) is 0 Å². The predicted molar refractivity (Wildman–Crippen MR) is 85.3 cm³/mol. The number of aryl methyl sites for hydroxylation is 2. The van der Waals surface area contributed by atoms with E-state index in [1.807, 2.05) is 32.4 Å². The van der Waals surface area contributed by atoms with Crippen LogP contribution in [0.1, 0.15) is 43.1 Å². The third-order valence-corrected chi connectivity index (χ3v) is 3.05. The van der Waals surface area contributed by atoms with Gasteiger partial charge >= 0.3 is 5.97 Å². The molecule has 0 atom stereocenters. The highest BCUT2D eigenvalue weighted by atomic mass is 19.1. The Morgan fingerprint density at radius 3 is 2.59 bits per heavy atom. The molecule has 0 N–H and O–H groups in total. The van der Waals surface area contributed by atoms with Crippen molar-refractivity contribution < 1.29 is 13.9 Å². The number of benzene rings is 1. The maximum absolute atomic E-state index is 13.7. The van der Waals surface area contributed by atoms with Crippen LogP contribution >= 0.6 is 0 Å². The summed E-state index contributed by atoms with van der Waals surface area (Å²) in [6.07, 6.45) is 2.67. The number of methoxy groups -OCH3 is 1. The van der Waals surface area contributed by atoms with E-state index in [9.17, 15) is 9.18 Å². The average molecular weight is 306 g/mol. The lowest BCUT2D eigenvalue weighted by Gasteiger charge is -2.09. The number of carbonyl (C=O) groups is 1. The molecule has 0 spiro atoms. The second-order valence-corrected chi connectivity index (χ2v) is 4.62. The van der Waals surface area contributed by atoms with Gasteiger partial charge < -0.3 is 4.74 Å². The number of aromatic nitrogens is 2. The van der Waals surface area contributed by atoms with Crippen LogP contribution in [0.4, 0.5) is 4.39 Å². The smallest absolute Gasteiger partial charge is 0.337 e. The van der Waals surface area contributed by atoms with Gasteiger partial charge in [0.05, 0.1) is 24.6 Å². The fourth-order valence-corrected chi connectivity index (χ4v) is 2.20. The molecule has 5 heteroatoms. The Hall–Kier alpha value is -2.17. The van der Waals surface area contributed by atoms with E-state index in [1.165, 1.54) is 19.2 Å². The van der Waals surface area contributed by atoms with Crippen LogP contribution in [0.25, 0.3) is 11.3 Å². The lowest BCUT2D eigenvalue weighted by Crippen LogP contribution is -2.05. The van der Waals surface area contributed by atoms with Gasteiger partial charge in [-0.1, -0.05) is 20.8 Å². The summed E-state index contributed by atoms with van der Waals surface area (Å²) in [5.74, 6) is -1.02. The Labute approximate surface area is 130 Å². The van der Waals surface area contributed by atoms with Gasteiger partial charge in [0.15, 0.2) is 0 Å². The number of hydrogen-bond donors (Lipinski definition) is 0. The van der Waals surface area contributed by atoms with Crippen LogP contribution in [0, 0.1) is 12.7 Å². The Morgan fingerprint density at radius 2 is 2.00 bits per heavy atom.